The highest BCUT2D eigenvalue weighted by atomic mass is 19.1. The van der Waals surface area contributed by atoms with Gasteiger partial charge in [-0.1, -0.05) is 0 Å². The van der Waals surface area contributed by atoms with E-state index >= 15 is 0 Å². The van der Waals surface area contributed by atoms with Gasteiger partial charge in [0.05, 0.1) is 0 Å². The van der Waals surface area contributed by atoms with Crippen molar-refractivity contribution >= 4 is 0 Å². The van der Waals surface area contributed by atoms with Gasteiger partial charge in [-0.25, -0.2) is 4.39 Å². The number of ether oxygens (including phenoxy) is 2. The molecule has 0 heterocycles. The van der Waals surface area contributed by atoms with Gasteiger partial charge in [-0.3, -0.25) is 0 Å². The van der Waals surface area contributed by atoms with E-state index in [-0.39, 0.29) is 18.0 Å². The minimum atomic E-state index is -0.252. The summed E-state index contributed by atoms with van der Waals surface area (Å²) in [4.78, 5) is 0. The molecule has 4 heteroatoms. The first-order chi connectivity index (χ1) is 7.74. The molecule has 16 heavy (non-hydrogen) atoms. The maximum atomic E-state index is 12.7. The zero-order valence-corrected chi connectivity index (χ0v) is 9.44. The van der Waals surface area contributed by atoms with Crippen molar-refractivity contribution in [2.75, 3.05) is 14.2 Å². The van der Waals surface area contributed by atoms with Gasteiger partial charge in [0.15, 0.2) is 0 Å². The second-order valence-corrected chi connectivity index (χ2v) is 3.94. The van der Waals surface area contributed by atoms with Crippen LogP contribution in [0.4, 0.5) is 4.39 Å². The van der Waals surface area contributed by atoms with Crippen LogP contribution in [-0.2, 0) is 4.74 Å². The molecule has 1 aromatic rings. The molecular weight excluding hydrogens is 209 g/mol. The average molecular weight is 225 g/mol. The molecule has 3 nitrogen and oxygen atoms in total. The second-order valence-electron chi connectivity index (χ2n) is 3.94. The Hall–Kier alpha value is -1.13. The Morgan fingerprint density at radius 1 is 1.31 bits per heavy atom. The molecule has 0 aliphatic heterocycles. The molecule has 0 radical (unpaired) electrons. The fourth-order valence-corrected chi connectivity index (χ4v) is 1.98. The van der Waals surface area contributed by atoms with E-state index in [1.165, 1.54) is 12.1 Å². The number of likely N-dealkylation sites (N-methyl/N-ethyl adjacent to an activating group) is 1. The molecule has 1 N–H and O–H groups in total. The fraction of sp³-hybridized carbons (Fsp3) is 0.500. The summed E-state index contributed by atoms with van der Waals surface area (Å²) < 4.78 is 23.7. The molecule has 1 aromatic carbocycles. The molecule has 88 valence electrons. The van der Waals surface area contributed by atoms with Crippen molar-refractivity contribution in [1.29, 1.82) is 0 Å². The quantitative estimate of drug-likeness (QED) is 0.844. The van der Waals surface area contributed by atoms with Gasteiger partial charge in [-0.15, -0.1) is 0 Å². The SMILES string of the molecule is CNC1CC(Oc2ccc(F)cc2)C1OC. The van der Waals surface area contributed by atoms with Crippen molar-refractivity contribution < 1.29 is 13.9 Å². The van der Waals surface area contributed by atoms with Crippen LogP contribution in [0.3, 0.4) is 0 Å². The molecule has 1 fully saturated rings. The highest BCUT2D eigenvalue weighted by molar-refractivity contribution is 5.23. The highest BCUT2D eigenvalue weighted by Crippen LogP contribution is 2.28. The minimum Gasteiger partial charge on any atom is -0.488 e. The van der Waals surface area contributed by atoms with Gasteiger partial charge in [0.1, 0.15) is 23.8 Å². The lowest BCUT2D eigenvalue weighted by Crippen LogP contribution is -2.60. The maximum absolute atomic E-state index is 12.7. The molecule has 0 spiro atoms. The van der Waals surface area contributed by atoms with Gasteiger partial charge in [-0.05, 0) is 31.3 Å². The van der Waals surface area contributed by atoms with Crippen molar-refractivity contribution in [3.05, 3.63) is 30.1 Å². The third-order valence-electron chi connectivity index (χ3n) is 2.99. The molecule has 0 saturated heterocycles. The third kappa shape index (κ3) is 2.18. The molecule has 1 aliphatic carbocycles. The normalized spacial score (nSPS) is 28.6. The van der Waals surface area contributed by atoms with E-state index in [0.29, 0.717) is 11.8 Å². The molecule has 1 aliphatic rings. The highest BCUT2D eigenvalue weighted by Gasteiger charge is 2.42. The van der Waals surface area contributed by atoms with E-state index in [1.54, 1.807) is 19.2 Å². The first kappa shape index (κ1) is 11.4. The summed E-state index contributed by atoms with van der Waals surface area (Å²) >= 11 is 0. The number of benzene rings is 1. The summed E-state index contributed by atoms with van der Waals surface area (Å²) in [5.74, 6) is 0.431. The number of halogens is 1. The third-order valence-corrected chi connectivity index (χ3v) is 2.99. The van der Waals surface area contributed by atoms with Crippen molar-refractivity contribution in [3.8, 4) is 5.75 Å². The Balaban J connectivity index is 1.93. The number of hydrogen-bond acceptors (Lipinski definition) is 3. The summed E-state index contributed by atoms with van der Waals surface area (Å²) in [6.07, 6.45) is 1.02. The van der Waals surface area contributed by atoms with Crippen molar-refractivity contribution in [3.63, 3.8) is 0 Å². The predicted molar refractivity (Wildman–Crippen MR) is 59.1 cm³/mol. The maximum Gasteiger partial charge on any atom is 0.128 e. The summed E-state index contributed by atoms with van der Waals surface area (Å²) in [5, 5.41) is 3.16. The smallest absolute Gasteiger partial charge is 0.128 e. The lowest BCUT2D eigenvalue weighted by atomic mass is 9.85. The van der Waals surface area contributed by atoms with E-state index in [9.17, 15) is 4.39 Å². The van der Waals surface area contributed by atoms with Gasteiger partial charge in [0.2, 0.25) is 0 Å². The Morgan fingerprint density at radius 3 is 2.56 bits per heavy atom. The largest absolute Gasteiger partial charge is 0.488 e. The zero-order valence-electron chi connectivity index (χ0n) is 9.44. The summed E-state index contributed by atoms with van der Waals surface area (Å²) in [6.45, 7) is 0. The van der Waals surface area contributed by atoms with Crippen molar-refractivity contribution in [1.82, 2.24) is 5.32 Å². The molecular formula is C12H16FNO2. The van der Waals surface area contributed by atoms with E-state index in [0.717, 1.165) is 6.42 Å². The molecule has 1 saturated carbocycles. The number of rotatable bonds is 4. The number of hydrogen-bond donors (Lipinski definition) is 1. The van der Waals surface area contributed by atoms with E-state index < -0.39 is 0 Å². The monoisotopic (exact) mass is 225 g/mol. The number of methoxy groups -OCH3 is 1. The first-order valence-electron chi connectivity index (χ1n) is 5.37. The van der Waals surface area contributed by atoms with Gasteiger partial charge >= 0.3 is 0 Å². The second kappa shape index (κ2) is 4.80. The van der Waals surface area contributed by atoms with Crippen LogP contribution in [0.2, 0.25) is 0 Å². The molecule has 0 aromatic heterocycles. The van der Waals surface area contributed by atoms with Crippen LogP contribution in [0, 0.1) is 5.82 Å². The van der Waals surface area contributed by atoms with E-state index in [4.69, 9.17) is 9.47 Å². The average Bonchev–Trinajstić information content (AvgIpc) is 2.26. The lowest BCUT2D eigenvalue weighted by Gasteiger charge is -2.42. The Morgan fingerprint density at radius 2 is 2.00 bits per heavy atom. The first-order valence-corrected chi connectivity index (χ1v) is 5.37. The van der Waals surface area contributed by atoms with Crippen LogP contribution >= 0.6 is 0 Å². The Labute approximate surface area is 94.6 Å². The lowest BCUT2D eigenvalue weighted by molar-refractivity contribution is -0.0869. The van der Waals surface area contributed by atoms with Gasteiger partial charge in [0, 0.05) is 19.6 Å². The van der Waals surface area contributed by atoms with Crippen LogP contribution in [-0.4, -0.2) is 32.4 Å². The Bertz CT molecular complexity index is 341. The molecule has 0 amide bonds. The van der Waals surface area contributed by atoms with Gasteiger partial charge < -0.3 is 14.8 Å². The van der Waals surface area contributed by atoms with Crippen LogP contribution in [0.1, 0.15) is 6.42 Å². The molecule has 3 atom stereocenters. The number of nitrogens with one attached hydrogen (secondary N) is 1. The summed E-state index contributed by atoms with van der Waals surface area (Å²) in [5.41, 5.74) is 0. The van der Waals surface area contributed by atoms with E-state index in [1.807, 2.05) is 7.05 Å². The molecule has 3 unspecified atom stereocenters. The van der Waals surface area contributed by atoms with Crippen LogP contribution in [0.5, 0.6) is 5.75 Å². The fourth-order valence-electron chi connectivity index (χ4n) is 1.98. The van der Waals surface area contributed by atoms with Crippen LogP contribution < -0.4 is 10.1 Å². The van der Waals surface area contributed by atoms with Crippen LogP contribution in [0.15, 0.2) is 24.3 Å². The standard InChI is InChI=1S/C12H16FNO2/c1-14-10-7-11(12(10)15-2)16-9-5-3-8(13)4-6-9/h3-6,10-12,14H,7H2,1-2H3. The zero-order chi connectivity index (χ0) is 11.5. The topological polar surface area (TPSA) is 30.5 Å². The molecule has 2 rings (SSSR count). The predicted octanol–water partition coefficient (Wildman–Crippen LogP) is 1.58. The van der Waals surface area contributed by atoms with Crippen molar-refractivity contribution in [2.24, 2.45) is 0 Å². The Kier molecular flexibility index (Phi) is 3.41. The van der Waals surface area contributed by atoms with Crippen molar-refractivity contribution in [2.45, 2.75) is 24.7 Å². The minimum absolute atomic E-state index is 0.0490. The van der Waals surface area contributed by atoms with Gasteiger partial charge in [-0.2, -0.15) is 0 Å². The van der Waals surface area contributed by atoms with E-state index in [2.05, 4.69) is 5.32 Å². The molecule has 0 bridgehead atoms. The summed E-state index contributed by atoms with van der Waals surface area (Å²) in [7, 11) is 3.58. The van der Waals surface area contributed by atoms with Crippen LogP contribution in [0.25, 0.3) is 0 Å². The summed E-state index contributed by atoms with van der Waals surface area (Å²) in [6, 6.07) is 6.40. The van der Waals surface area contributed by atoms with Gasteiger partial charge in [0.25, 0.3) is 0 Å².